The summed E-state index contributed by atoms with van der Waals surface area (Å²) in [7, 11) is 6.02. The molecule has 0 bridgehead atoms. The fourth-order valence-corrected chi connectivity index (χ4v) is 2.53. The van der Waals surface area contributed by atoms with Crippen LogP contribution in [0.2, 0.25) is 0 Å². The lowest BCUT2D eigenvalue weighted by molar-refractivity contribution is -0.118. The summed E-state index contributed by atoms with van der Waals surface area (Å²) in [4.78, 5) is 37.7. The maximum absolute atomic E-state index is 12.6. The van der Waals surface area contributed by atoms with Crippen molar-refractivity contribution in [1.82, 2.24) is 30.8 Å². The van der Waals surface area contributed by atoms with Gasteiger partial charge in [0.2, 0.25) is 0 Å². The molecule has 2 amide bonds. The van der Waals surface area contributed by atoms with Gasteiger partial charge in [0.1, 0.15) is 11.4 Å². The number of hydrazine groups is 1. The van der Waals surface area contributed by atoms with Crippen molar-refractivity contribution in [3.05, 3.63) is 53.0 Å². The summed E-state index contributed by atoms with van der Waals surface area (Å²) in [5.41, 5.74) is 5.35. The molecule has 0 aliphatic carbocycles. The summed E-state index contributed by atoms with van der Waals surface area (Å²) >= 11 is 0. The van der Waals surface area contributed by atoms with E-state index < -0.39 is 17.6 Å². The fourth-order valence-electron chi connectivity index (χ4n) is 2.53. The normalized spacial score (nSPS) is 11.3. The second-order valence-electron chi connectivity index (χ2n) is 6.44. The van der Waals surface area contributed by atoms with Crippen LogP contribution in [-0.4, -0.2) is 59.0 Å². The van der Waals surface area contributed by atoms with E-state index in [4.69, 9.17) is 0 Å². The Morgan fingerprint density at radius 2 is 1.90 bits per heavy atom. The van der Waals surface area contributed by atoms with Crippen LogP contribution in [0.25, 0.3) is 0 Å². The highest BCUT2D eigenvalue weighted by Crippen LogP contribution is 2.29. The van der Waals surface area contributed by atoms with Crippen LogP contribution in [0.4, 0.5) is 5.82 Å². The molecule has 0 fully saturated rings. The SMILES string of the molecule is CNNC(=O)/C(Nc1c(O)c(C(=O)N(C)C)nn1C)=C(\C=O)NCc1ccccc1. The first kappa shape index (κ1) is 22.4. The molecule has 30 heavy (non-hydrogen) atoms. The first-order valence-electron chi connectivity index (χ1n) is 8.99. The van der Waals surface area contributed by atoms with E-state index in [0.717, 1.165) is 5.56 Å². The molecule has 0 aliphatic heterocycles. The predicted octanol–water partition coefficient (Wildman–Crippen LogP) is -0.310. The van der Waals surface area contributed by atoms with Gasteiger partial charge in [-0.25, -0.2) is 10.1 Å². The van der Waals surface area contributed by atoms with E-state index in [1.54, 1.807) is 0 Å². The summed E-state index contributed by atoms with van der Waals surface area (Å²) in [6, 6.07) is 9.30. The molecule has 0 saturated carbocycles. The molecule has 0 radical (unpaired) electrons. The Bertz CT molecular complexity index is 951. The number of hydrogen-bond donors (Lipinski definition) is 5. The number of nitrogens with one attached hydrogen (secondary N) is 4. The third-order valence-electron chi connectivity index (χ3n) is 4.05. The highest BCUT2D eigenvalue weighted by molar-refractivity contribution is 6.02. The number of anilines is 1. The highest BCUT2D eigenvalue weighted by Gasteiger charge is 2.25. The number of aldehydes is 1. The first-order valence-corrected chi connectivity index (χ1v) is 8.99. The van der Waals surface area contributed by atoms with E-state index in [-0.39, 0.29) is 29.5 Å². The van der Waals surface area contributed by atoms with Crippen LogP contribution in [0, 0.1) is 0 Å². The second kappa shape index (κ2) is 10.1. The van der Waals surface area contributed by atoms with Gasteiger partial charge in [0.15, 0.2) is 23.5 Å². The number of carbonyl (C=O) groups is 3. The molecule has 1 aromatic carbocycles. The van der Waals surface area contributed by atoms with Crippen LogP contribution in [0.5, 0.6) is 5.75 Å². The summed E-state index contributed by atoms with van der Waals surface area (Å²) in [5, 5.41) is 20.1. The topological polar surface area (TPSA) is 141 Å². The lowest BCUT2D eigenvalue weighted by Crippen LogP contribution is -2.39. The Kier molecular flexibility index (Phi) is 7.53. The van der Waals surface area contributed by atoms with E-state index >= 15 is 0 Å². The number of aryl methyl sites for hydroxylation is 1. The molecule has 0 spiro atoms. The second-order valence-corrected chi connectivity index (χ2v) is 6.44. The quantitative estimate of drug-likeness (QED) is 0.213. The van der Waals surface area contributed by atoms with Gasteiger partial charge in [-0.3, -0.25) is 19.8 Å². The average Bonchev–Trinajstić information content (AvgIpc) is 3.01. The Morgan fingerprint density at radius 3 is 2.47 bits per heavy atom. The smallest absolute Gasteiger partial charge is 0.284 e. The van der Waals surface area contributed by atoms with E-state index in [0.29, 0.717) is 6.29 Å². The number of benzene rings is 1. The molecule has 1 aromatic heterocycles. The molecule has 5 N–H and O–H groups in total. The molecule has 11 heteroatoms. The van der Waals surface area contributed by atoms with Gasteiger partial charge in [-0.2, -0.15) is 5.10 Å². The van der Waals surface area contributed by atoms with Crippen LogP contribution in [0.1, 0.15) is 16.1 Å². The molecule has 0 unspecified atom stereocenters. The van der Waals surface area contributed by atoms with Crippen LogP contribution < -0.4 is 21.5 Å². The molecular weight excluding hydrogens is 390 g/mol. The van der Waals surface area contributed by atoms with Gasteiger partial charge in [-0.1, -0.05) is 30.3 Å². The minimum Gasteiger partial charge on any atom is -0.503 e. The van der Waals surface area contributed by atoms with Gasteiger partial charge in [0.05, 0.1) is 0 Å². The van der Waals surface area contributed by atoms with Gasteiger partial charge >= 0.3 is 0 Å². The van der Waals surface area contributed by atoms with Crippen molar-refractivity contribution in [3.8, 4) is 5.75 Å². The third-order valence-corrected chi connectivity index (χ3v) is 4.05. The molecule has 11 nitrogen and oxygen atoms in total. The van der Waals surface area contributed by atoms with E-state index in [9.17, 15) is 19.5 Å². The first-order chi connectivity index (χ1) is 14.3. The number of carbonyl (C=O) groups excluding carboxylic acids is 3. The minimum atomic E-state index is -0.666. The maximum Gasteiger partial charge on any atom is 0.284 e. The Hall–Kier alpha value is -3.86. The fraction of sp³-hybridized carbons (Fsp3) is 0.263. The van der Waals surface area contributed by atoms with Crippen LogP contribution in [0.3, 0.4) is 0 Å². The van der Waals surface area contributed by atoms with Crippen molar-refractivity contribution in [2.24, 2.45) is 7.05 Å². The highest BCUT2D eigenvalue weighted by atomic mass is 16.3. The van der Waals surface area contributed by atoms with Crippen molar-refractivity contribution in [2.75, 3.05) is 26.5 Å². The van der Waals surface area contributed by atoms with Crippen molar-refractivity contribution < 1.29 is 19.5 Å². The molecule has 1 heterocycles. The standard InChI is InChI=1S/C19H25N7O4/c1-20-23-18(29)14(13(11-27)21-10-12-8-6-5-7-9-12)22-17-16(28)15(24-26(17)4)19(30)25(2)3/h5-9,11,20-22,28H,10H2,1-4H3,(H,23,29)/b14-13-. The van der Waals surface area contributed by atoms with Crippen LogP contribution in [-0.2, 0) is 23.2 Å². The summed E-state index contributed by atoms with van der Waals surface area (Å²) in [6.07, 6.45) is 0.486. The van der Waals surface area contributed by atoms with Crippen LogP contribution in [0.15, 0.2) is 41.7 Å². The summed E-state index contributed by atoms with van der Waals surface area (Å²) in [5.74, 6) is -1.65. The monoisotopic (exact) mass is 415 g/mol. The predicted molar refractivity (Wildman–Crippen MR) is 110 cm³/mol. The number of nitrogens with zero attached hydrogens (tertiary/aromatic N) is 3. The maximum atomic E-state index is 12.6. The van der Waals surface area contributed by atoms with Crippen molar-refractivity contribution in [1.29, 1.82) is 0 Å². The van der Waals surface area contributed by atoms with Crippen molar-refractivity contribution in [2.45, 2.75) is 6.54 Å². The third kappa shape index (κ3) is 5.14. The van der Waals surface area contributed by atoms with E-state index in [1.807, 2.05) is 30.3 Å². The van der Waals surface area contributed by atoms with Crippen LogP contribution >= 0.6 is 0 Å². The zero-order valence-corrected chi connectivity index (χ0v) is 17.2. The number of amides is 2. The van der Waals surface area contributed by atoms with Gasteiger partial charge in [-0.05, 0) is 5.56 Å². The number of hydrogen-bond acceptors (Lipinski definition) is 8. The van der Waals surface area contributed by atoms with Gasteiger partial charge in [0.25, 0.3) is 11.8 Å². The Balaban J connectivity index is 2.41. The summed E-state index contributed by atoms with van der Waals surface area (Å²) < 4.78 is 1.21. The lowest BCUT2D eigenvalue weighted by atomic mass is 10.2. The van der Waals surface area contributed by atoms with E-state index in [2.05, 4.69) is 26.6 Å². The molecule has 2 aromatic rings. The average molecular weight is 415 g/mol. The molecular formula is C19H25N7O4. The number of rotatable bonds is 9. The summed E-state index contributed by atoms with van der Waals surface area (Å²) in [6.45, 7) is 0.286. The zero-order valence-electron chi connectivity index (χ0n) is 17.2. The van der Waals surface area contributed by atoms with Crippen molar-refractivity contribution in [3.63, 3.8) is 0 Å². The van der Waals surface area contributed by atoms with Gasteiger partial charge in [-0.15, -0.1) is 0 Å². The number of allylic oxidation sites excluding steroid dienone is 1. The number of aromatic hydroxyl groups is 1. The molecule has 2 rings (SSSR count). The lowest BCUT2D eigenvalue weighted by Gasteiger charge is -2.15. The van der Waals surface area contributed by atoms with Gasteiger partial charge < -0.3 is 20.6 Å². The van der Waals surface area contributed by atoms with Crippen molar-refractivity contribution >= 4 is 23.9 Å². The zero-order chi connectivity index (χ0) is 22.3. The molecule has 0 atom stereocenters. The number of aromatic nitrogens is 2. The largest absolute Gasteiger partial charge is 0.503 e. The van der Waals surface area contributed by atoms with Gasteiger partial charge in [0, 0.05) is 34.7 Å². The molecule has 0 aliphatic rings. The minimum absolute atomic E-state index is 0.0256. The Labute approximate surface area is 173 Å². The molecule has 160 valence electrons. The Morgan fingerprint density at radius 1 is 1.23 bits per heavy atom. The molecule has 0 saturated heterocycles. The van der Waals surface area contributed by atoms with E-state index in [1.165, 1.54) is 37.8 Å².